The minimum atomic E-state index is -0.427. The zero-order valence-corrected chi connectivity index (χ0v) is 28.9. The molecule has 10 nitrogen and oxygen atoms in total. The van der Waals surface area contributed by atoms with Gasteiger partial charge in [0.2, 0.25) is 11.8 Å². The number of carbonyl (C=O) groups excluding carboxylic acids is 3. The van der Waals surface area contributed by atoms with Crippen LogP contribution in [0.3, 0.4) is 0 Å². The first-order chi connectivity index (χ1) is 22.6. The molecule has 256 valence electrons. The van der Waals surface area contributed by atoms with Crippen molar-refractivity contribution in [1.82, 2.24) is 19.6 Å². The molecule has 47 heavy (non-hydrogen) atoms. The zero-order chi connectivity index (χ0) is 33.1. The fourth-order valence-corrected chi connectivity index (χ4v) is 8.72. The second kappa shape index (κ2) is 14.5. The monoisotopic (exact) mass is 664 g/mol. The first-order valence-corrected chi connectivity index (χ1v) is 18.1. The van der Waals surface area contributed by atoms with Crippen molar-refractivity contribution in [3.63, 3.8) is 0 Å². The van der Waals surface area contributed by atoms with Crippen LogP contribution in [0.25, 0.3) is 0 Å². The van der Waals surface area contributed by atoms with Crippen LogP contribution in [0.1, 0.15) is 64.4 Å². The number of urea groups is 1. The summed E-state index contributed by atoms with van der Waals surface area (Å²) in [6.07, 6.45) is 2.52. The Bertz CT molecular complexity index is 1440. The Morgan fingerprint density at radius 3 is 2.38 bits per heavy atom. The summed E-state index contributed by atoms with van der Waals surface area (Å²) in [5.41, 5.74) is 4.34. The van der Waals surface area contributed by atoms with E-state index in [1.807, 2.05) is 39.0 Å². The number of benzene rings is 2. The summed E-state index contributed by atoms with van der Waals surface area (Å²) in [6, 6.07) is 16.3. The lowest BCUT2D eigenvalue weighted by molar-refractivity contribution is -0.137. The van der Waals surface area contributed by atoms with E-state index in [4.69, 9.17) is 0 Å². The first kappa shape index (κ1) is 33.6. The topological polar surface area (TPSA) is 99.7 Å². The molecule has 4 heterocycles. The fraction of sp³-hybridized carbons (Fsp3) is 0.583. The number of aliphatic hydroxyl groups is 1. The Kier molecular flexibility index (Phi) is 10.3. The number of β-amino-alcohol motifs (C(OH)–C–C–N with tert-alkyl or cyclic N) is 1. The van der Waals surface area contributed by atoms with Crippen LogP contribution in [0.2, 0.25) is 0 Å². The maximum Gasteiger partial charge on any atom is 0.322 e. The van der Waals surface area contributed by atoms with E-state index in [0.29, 0.717) is 32.7 Å². The van der Waals surface area contributed by atoms with Gasteiger partial charge in [0.15, 0.2) is 0 Å². The number of likely N-dealkylation sites (tertiary alicyclic amines) is 1. The number of thioether (sulfide) groups is 1. The standard InChI is InChI=1S/C36H50N6O4S.H2/c1-36(2,3)14-17-41-33(45)31(47-34(41)28-9-5-7-11-30(28)39-20-18-38(19-21-39)22-23-43)24-32(44)40-15-12-27(13-16-40)42-25-26-8-4-6-10-29(26)37-35(42)46;/h4-11,27,31,34,43H,12-25H2,1-3H3,(H,37,46);1H. The van der Waals surface area contributed by atoms with Gasteiger partial charge < -0.3 is 30.0 Å². The summed E-state index contributed by atoms with van der Waals surface area (Å²) in [5.74, 6) is 0.0751. The van der Waals surface area contributed by atoms with Gasteiger partial charge in [-0.15, -0.1) is 11.8 Å². The Morgan fingerprint density at radius 1 is 0.957 bits per heavy atom. The summed E-state index contributed by atoms with van der Waals surface area (Å²) in [6.45, 7) is 13.4. The Morgan fingerprint density at radius 2 is 1.66 bits per heavy atom. The van der Waals surface area contributed by atoms with Crippen molar-refractivity contribution in [2.24, 2.45) is 5.41 Å². The van der Waals surface area contributed by atoms with Gasteiger partial charge in [0.1, 0.15) is 5.37 Å². The number of aliphatic hydroxyl groups excluding tert-OH is 1. The highest BCUT2D eigenvalue weighted by Gasteiger charge is 2.44. The van der Waals surface area contributed by atoms with E-state index in [1.165, 1.54) is 0 Å². The molecule has 4 amide bonds. The van der Waals surface area contributed by atoms with Gasteiger partial charge in [-0.2, -0.15) is 0 Å². The third-order valence-corrected chi connectivity index (χ3v) is 11.5. The molecule has 2 unspecified atom stereocenters. The van der Waals surface area contributed by atoms with Crippen molar-refractivity contribution in [3.05, 3.63) is 59.7 Å². The lowest BCUT2D eigenvalue weighted by Crippen LogP contribution is -2.51. The maximum atomic E-state index is 14.1. The lowest BCUT2D eigenvalue weighted by atomic mass is 9.92. The smallest absolute Gasteiger partial charge is 0.322 e. The van der Waals surface area contributed by atoms with Crippen LogP contribution in [0.5, 0.6) is 0 Å². The van der Waals surface area contributed by atoms with Crippen molar-refractivity contribution < 1.29 is 20.9 Å². The van der Waals surface area contributed by atoms with E-state index in [0.717, 1.165) is 67.9 Å². The molecule has 0 aliphatic carbocycles. The minimum Gasteiger partial charge on any atom is -0.395 e. The predicted octanol–water partition coefficient (Wildman–Crippen LogP) is 4.85. The number of piperazine rings is 1. The first-order valence-electron chi connectivity index (χ1n) is 17.2. The third kappa shape index (κ3) is 7.73. The van der Waals surface area contributed by atoms with Crippen LogP contribution in [0.4, 0.5) is 16.2 Å². The molecule has 0 spiro atoms. The second-order valence-electron chi connectivity index (χ2n) is 14.5. The number of hydrogen-bond donors (Lipinski definition) is 2. The molecule has 3 fully saturated rings. The minimum absolute atomic E-state index is 0. The van der Waals surface area contributed by atoms with E-state index in [-0.39, 0.29) is 49.1 Å². The van der Waals surface area contributed by atoms with Crippen molar-refractivity contribution in [3.8, 4) is 0 Å². The van der Waals surface area contributed by atoms with E-state index in [9.17, 15) is 19.5 Å². The van der Waals surface area contributed by atoms with Gasteiger partial charge in [-0.3, -0.25) is 14.5 Å². The van der Waals surface area contributed by atoms with E-state index in [2.05, 4.69) is 60.2 Å². The van der Waals surface area contributed by atoms with Crippen LogP contribution in [0, 0.1) is 5.41 Å². The van der Waals surface area contributed by atoms with Gasteiger partial charge >= 0.3 is 6.03 Å². The van der Waals surface area contributed by atoms with E-state index in [1.54, 1.807) is 11.8 Å². The number of piperidine rings is 1. The summed E-state index contributed by atoms with van der Waals surface area (Å²) in [5, 5.41) is 11.8. The fourth-order valence-electron chi connectivity index (χ4n) is 7.22. The van der Waals surface area contributed by atoms with Gasteiger partial charge in [-0.25, -0.2) is 4.79 Å². The molecule has 2 atom stereocenters. The van der Waals surface area contributed by atoms with Gasteiger partial charge in [0.25, 0.3) is 0 Å². The van der Waals surface area contributed by atoms with Crippen molar-refractivity contribution in [2.45, 2.75) is 69.7 Å². The zero-order valence-electron chi connectivity index (χ0n) is 28.1. The Labute approximate surface area is 284 Å². The molecular formula is C36H52N6O4S. The number of nitrogens with zero attached hydrogens (tertiary/aromatic N) is 5. The molecule has 0 saturated carbocycles. The van der Waals surface area contributed by atoms with Crippen LogP contribution >= 0.6 is 11.8 Å². The van der Waals surface area contributed by atoms with Gasteiger partial charge in [0, 0.05) is 89.7 Å². The SMILES string of the molecule is CC(C)(C)CCN1C(=O)C(CC(=O)N2CCC(N3Cc4ccccc4NC3=O)CC2)SC1c1ccccc1N1CCN(CCO)CC1.[HH]. The summed E-state index contributed by atoms with van der Waals surface area (Å²) < 4.78 is 0. The van der Waals surface area contributed by atoms with Gasteiger partial charge in [-0.05, 0) is 42.4 Å². The maximum absolute atomic E-state index is 14.1. The Hall–Kier alpha value is -3.28. The quantitative estimate of drug-likeness (QED) is 0.396. The number of rotatable bonds is 9. The average Bonchev–Trinajstić information content (AvgIpc) is 3.37. The summed E-state index contributed by atoms with van der Waals surface area (Å²) in [4.78, 5) is 51.1. The van der Waals surface area contributed by atoms with Crippen LogP contribution in [0.15, 0.2) is 48.5 Å². The predicted molar refractivity (Wildman–Crippen MR) is 189 cm³/mol. The highest BCUT2D eigenvalue weighted by atomic mass is 32.2. The number of carbonyl (C=O) groups is 3. The van der Waals surface area contributed by atoms with Gasteiger partial charge in [0.05, 0.1) is 11.9 Å². The highest BCUT2D eigenvalue weighted by molar-refractivity contribution is 8.01. The third-order valence-electron chi connectivity index (χ3n) is 10.0. The average molecular weight is 665 g/mol. The molecule has 4 aliphatic heterocycles. The number of para-hydroxylation sites is 2. The molecule has 2 aromatic carbocycles. The van der Waals surface area contributed by atoms with Crippen molar-refractivity contribution in [1.29, 1.82) is 0 Å². The molecule has 0 radical (unpaired) electrons. The van der Waals surface area contributed by atoms with Crippen LogP contribution in [-0.4, -0.2) is 113 Å². The molecule has 3 saturated heterocycles. The molecule has 4 aliphatic rings. The number of hydrogen-bond acceptors (Lipinski definition) is 7. The van der Waals surface area contributed by atoms with Crippen LogP contribution < -0.4 is 10.2 Å². The lowest BCUT2D eigenvalue weighted by Gasteiger charge is -2.40. The highest BCUT2D eigenvalue weighted by Crippen LogP contribution is 2.48. The molecule has 2 N–H and O–H groups in total. The Balaban J connectivity index is 0.00000451. The normalized spacial score (nSPS) is 22.9. The molecule has 0 bridgehead atoms. The number of nitrogens with one attached hydrogen (secondary N) is 1. The molecule has 6 rings (SSSR count). The number of fused-ring (bicyclic) bond motifs is 1. The molecule has 2 aromatic rings. The van der Waals surface area contributed by atoms with Crippen LogP contribution in [-0.2, 0) is 16.1 Å². The molecule has 11 heteroatoms. The summed E-state index contributed by atoms with van der Waals surface area (Å²) in [7, 11) is 0. The van der Waals surface area contributed by atoms with Crippen molar-refractivity contribution >= 4 is 41.0 Å². The van der Waals surface area contributed by atoms with Crippen molar-refractivity contribution in [2.75, 3.05) is 69.2 Å². The van der Waals surface area contributed by atoms with E-state index >= 15 is 0 Å². The van der Waals surface area contributed by atoms with Gasteiger partial charge in [-0.1, -0.05) is 57.2 Å². The molecule has 0 aromatic heterocycles. The number of amides is 4. The van der Waals surface area contributed by atoms with E-state index < -0.39 is 5.25 Å². The number of anilines is 2. The summed E-state index contributed by atoms with van der Waals surface area (Å²) >= 11 is 1.62. The molecular weight excluding hydrogens is 613 g/mol. The largest absolute Gasteiger partial charge is 0.395 e. The second-order valence-corrected chi connectivity index (χ2v) is 15.7.